The van der Waals surface area contributed by atoms with Gasteiger partial charge in [-0.1, -0.05) is 37.1 Å². The third-order valence-corrected chi connectivity index (χ3v) is 5.86. The number of ether oxygens (including phenoxy) is 1. The number of imidazole rings is 1. The van der Waals surface area contributed by atoms with Gasteiger partial charge in [-0.2, -0.15) is 0 Å². The molecule has 1 amide bonds. The lowest BCUT2D eigenvalue weighted by Crippen LogP contribution is -2.35. The van der Waals surface area contributed by atoms with Gasteiger partial charge in [-0.25, -0.2) is 4.98 Å². The Labute approximate surface area is 174 Å². The van der Waals surface area contributed by atoms with Crippen molar-refractivity contribution in [3.63, 3.8) is 0 Å². The first-order chi connectivity index (χ1) is 13.6. The van der Waals surface area contributed by atoms with Crippen molar-refractivity contribution in [3.8, 4) is 11.3 Å². The summed E-state index contributed by atoms with van der Waals surface area (Å²) in [4.78, 5) is 20.1. The second kappa shape index (κ2) is 10.0. The summed E-state index contributed by atoms with van der Waals surface area (Å²) in [5.74, 6) is 0.206. The van der Waals surface area contributed by atoms with E-state index in [2.05, 4.69) is 22.9 Å². The zero-order chi connectivity index (χ0) is 19.9. The number of hydrogen-bond donors (Lipinski definition) is 0. The maximum atomic E-state index is 12.5. The Bertz CT molecular complexity index is 904. The molecule has 2 heterocycles. The Morgan fingerprint density at radius 1 is 1.29 bits per heavy atom. The Morgan fingerprint density at radius 3 is 2.79 bits per heavy atom. The number of carbonyl (C=O) groups excluding carboxylic acids is 1. The number of fused-ring (bicyclic) bond motifs is 1. The highest BCUT2D eigenvalue weighted by atomic mass is 35.5. The van der Waals surface area contributed by atoms with Crippen LogP contribution in [-0.2, 0) is 16.0 Å². The van der Waals surface area contributed by atoms with Crippen LogP contribution in [-0.4, -0.2) is 47.0 Å². The highest BCUT2D eigenvalue weighted by Gasteiger charge is 2.15. The van der Waals surface area contributed by atoms with Gasteiger partial charge in [-0.05, 0) is 18.6 Å². The fourth-order valence-electron chi connectivity index (χ4n) is 3.07. The summed E-state index contributed by atoms with van der Waals surface area (Å²) in [5, 5.41) is 2.84. The molecule has 0 saturated carbocycles. The normalized spacial score (nSPS) is 11.2. The highest BCUT2D eigenvalue weighted by Crippen LogP contribution is 2.25. The summed E-state index contributed by atoms with van der Waals surface area (Å²) < 4.78 is 7.30. The number of thiazole rings is 1. The van der Waals surface area contributed by atoms with Crippen molar-refractivity contribution in [2.45, 2.75) is 32.6 Å². The molecule has 0 aliphatic carbocycles. The quantitative estimate of drug-likeness (QED) is 0.468. The maximum absolute atomic E-state index is 12.5. The van der Waals surface area contributed by atoms with Gasteiger partial charge in [0.25, 0.3) is 0 Å². The van der Waals surface area contributed by atoms with Gasteiger partial charge in [0, 0.05) is 60.9 Å². The van der Waals surface area contributed by atoms with E-state index < -0.39 is 0 Å². The minimum absolute atomic E-state index is 0.206. The van der Waals surface area contributed by atoms with Crippen molar-refractivity contribution >= 4 is 33.8 Å². The van der Waals surface area contributed by atoms with E-state index in [0.29, 0.717) is 31.1 Å². The largest absolute Gasteiger partial charge is 0.383 e. The zero-order valence-corrected chi connectivity index (χ0v) is 17.9. The number of hydrogen-bond acceptors (Lipinski definition) is 4. The van der Waals surface area contributed by atoms with E-state index in [9.17, 15) is 4.79 Å². The van der Waals surface area contributed by atoms with Gasteiger partial charge < -0.3 is 9.64 Å². The lowest BCUT2D eigenvalue weighted by atomic mass is 10.2. The first-order valence-corrected chi connectivity index (χ1v) is 10.9. The van der Waals surface area contributed by atoms with E-state index >= 15 is 0 Å². The van der Waals surface area contributed by atoms with Crippen LogP contribution in [0.1, 0.15) is 31.9 Å². The smallest absolute Gasteiger partial charge is 0.222 e. The molecule has 0 unspecified atom stereocenters. The number of rotatable bonds is 10. The Hall–Kier alpha value is -1.89. The molecular formula is C21H26ClN3O2S. The second-order valence-corrected chi connectivity index (χ2v) is 8.01. The van der Waals surface area contributed by atoms with Crippen molar-refractivity contribution in [1.29, 1.82) is 0 Å². The number of unbranched alkanes of at least 4 members (excludes halogenated alkanes) is 1. The van der Waals surface area contributed by atoms with Gasteiger partial charge in [0.05, 0.1) is 12.3 Å². The summed E-state index contributed by atoms with van der Waals surface area (Å²) in [7, 11) is 1.67. The first kappa shape index (κ1) is 20.8. The minimum atomic E-state index is 0.206. The van der Waals surface area contributed by atoms with Crippen LogP contribution in [0, 0.1) is 0 Å². The van der Waals surface area contributed by atoms with E-state index in [-0.39, 0.29) is 5.91 Å². The predicted molar refractivity (Wildman–Crippen MR) is 115 cm³/mol. The van der Waals surface area contributed by atoms with Crippen LogP contribution in [0.5, 0.6) is 0 Å². The molecule has 0 aliphatic rings. The molecule has 3 rings (SSSR count). The molecule has 2 aromatic heterocycles. The topological polar surface area (TPSA) is 46.8 Å². The lowest BCUT2D eigenvalue weighted by molar-refractivity contribution is -0.131. The third-order valence-electron chi connectivity index (χ3n) is 4.72. The predicted octanol–water partition coefficient (Wildman–Crippen LogP) is 4.92. The highest BCUT2D eigenvalue weighted by molar-refractivity contribution is 7.15. The number of carbonyl (C=O) groups is 1. The second-order valence-electron chi connectivity index (χ2n) is 6.74. The molecule has 0 fully saturated rings. The first-order valence-electron chi connectivity index (χ1n) is 9.60. The lowest BCUT2D eigenvalue weighted by Gasteiger charge is -2.22. The third kappa shape index (κ3) is 5.13. The fourth-order valence-corrected chi connectivity index (χ4v) is 4.10. The summed E-state index contributed by atoms with van der Waals surface area (Å²) >= 11 is 7.60. The van der Waals surface area contributed by atoms with E-state index in [4.69, 9.17) is 21.3 Å². The minimum Gasteiger partial charge on any atom is -0.383 e. The van der Waals surface area contributed by atoms with Crippen LogP contribution < -0.4 is 0 Å². The van der Waals surface area contributed by atoms with Crippen molar-refractivity contribution in [3.05, 3.63) is 46.6 Å². The Kier molecular flexibility index (Phi) is 7.48. The number of nitrogens with zero attached hydrogens (tertiary/aromatic N) is 3. The average Bonchev–Trinajstić information content (AvgIpc) is 3.28. The van der Waals surface area contributed by atoms with Crippen molar-refractivity contribution in [2.24, 2.45) is 0 Å². The van der Waals surface area contributed by atoms with Crippen LogP contribution in [0.2, 0.25) is 5.02 Å². The zero-order valence-electron chi connectivity index (χ0n) is 16.4. The molecule has 3 aromatic rings. The number of aromatic nitrogens is 2. The summed E-state index contributed by atoms with van der Waals surface area (Å²) in [6.45, 7) is 3.98. The summed E-state index contributed by atoms with van der Waals surface area (Å²) in [6, 6.07) is 7.71. The van der Waals surface area contributed by atoms with Crippen LogP contribution in [0.15, 0.2) is 35.8 Å². The maximum Gasteiger partial charge on any atom is 0.222 e. The number of amides is 1. The monoisotopic (exact) mass is 419 g/mol. The molecule has 5 nitrogen and oxygen atoms in total. The molecule has 7 heteroatoms. The van der Waals surface area contributed by atoms with E-state index in [1.165, 1.54) is 5.69 Å². The number of benzene rings is 1. The molecule has 28 heavy (non-hydrogen) atoms. The molecule has 150 valence electrons. The number of halogens is 1. The van der Waals surface area contributed by atoms with E-state index in [1.807, 2.05) is 29.2 Å². The Morgan fingerprint density at radius 2 is 2.07 bits per heavy atom. The molecule has 0 bridgehead atoms. The summed E-state index contributed by atoms with van der Waals surface area (Å²) in [6.07, 6.45) is 5.40. The van der Waals surface area contributed by atoms with Crippen LogP contribution in [0.25, 0.3) is 16.2 Å². The van der Waals surface area contributed by atoms with Gasteiger partial charge in [0.2, 0.25) is 5.91 Å². The van der Waals surface area contributed by atoms with Gasteiger partial charge in [0.15, 0.2) is 4.96 Å². The van der Waals surface area contributed by atoms with E-state index in [0.717, 1.165) is 35.5 Å². The molecule has 0 N–H and O–H groups in total. The van der Waals surface area contributed by atoms with E-state index in [1.54, 1.807) is 18.4 Å². The molecule has 1 aromatic carbocycles. The van der Waals surface area contributed by atoms with Gasteiger partial charge in [-0.3, -0.25) is 9.20 Å². The van der Waals surface area contributed by atoms with Crippen molar-refractivity contribution in [2.75, 3.05) is 26.8 Å². The molecule has 0 saturated heterocycles. The van der Waals surface area contributed by atoms with Crippen molar-refractivity contribution in [1.82, 2.24) is 14.3 Å². The standard InChI is InChI=1S/C21H26ClN3O2S/c1-3-4-5-20(26)24(12-13-27-2)11-10-18-15-28-21-23-19(14-25(18)21)16-6-8-17(22)9-7-16/h6-9,14-15H,3-5,10-13H2,1-2H3. The van der Waals surface area contributed by atoms with Crippen molar-refractivity contribution < 1.29 is 9.53 Å². The van der Waals surface area contributed by atoms with Gasteiger partial charge in [-0.15, -0.1) is 11.3 Å². The molecule has 0 radical (unpaired) electrons. The average molecular weight is 420 g/mol. The molecule has 0 atom stereocenters. The molecular weight excluding hydrogens is 394 g/mol. The molecule has 0 spiro atoms. The fraction of sp³-hybridized carbons (Fsp3) is 0.429. The molecule has 0 aliphatic heterocycles. The SMILES string of the molecule is CCCCC(=O)N(CCOC)CCc1csc2nc(-c3ccc(Cl)cc3)cn12. The van der Waals surface area contributed by atoms with Gasteiger partial charge in [0.1, 0.15) is 0 Å². The summed E-state index contributed by atoms with van der Waals surface area (Å²) in [5.41, 5.74) is 3.14. The van der Waals surface area contributed by atoms with Crippen LogP contribution in [0.3, 0.4) is 0 Å². The van der Waals surface area contributed by atoms with Crippen LogP contribution >= 0.6 is 22.9 Å². The van der Waals surface area contributed by atoms with Gasteiger partial charge >= 0.3 is 0 Å². The number of methoxy groups -OCH3 is 1. The van der Waals surface area contributed by atoms with Crippen LogP contribution in [0.4, 0.5) is 0 Å². The Balaban J connectivity index is 1.71.